The smallest absolute Gasteiger partial charge is 0.257 e. The van der Waals surface area contributed by atoms with E-state index in [0.29, 0.717) is 37.2 Å². The van der Waals surface area contributed by atoms with Crippen LogP contribution >= 0.6 is 0 Å². The number of fused-ring (bicyclic) bond motifs is 2. The van der Waals surface area contributed by atoms with Gasteiger partial charge in [-0.1, -0.05) is 12.1 Å². The molecule has 0 saturated carbocycles. The lowest BCUT2D eigenvalue weighted by atomic mass is 10.1. The van der Waals surface area contributed by atoms with Gasteiger partial charge in [-0.25, -0.2) is 8.42 Å². The zero-order chi connectivity index (χ0) is 19.2. The van der Waals surface area contributed by atoms with Crippen molar-refractivity contribution in [3.8, 4) is 5.75 Å². The Labute approximate surface area is 158 Å². The molecule has 27 heavy (non-hydrogen) atoms. The number of benzene rings is 1. The van der Waals surface area contributed by atoms with Crippen LogP contribution in [-0.2, 0) is 10.0 Å². The minimum Gasteiger partial charge on any atom is -0.487 e. The number of aromatic nitrogens is 2. The summed E-state index contributed by atoms with van der Waals surface area (Å²) in [5, 5.41) is 6.70. The Morgan fingerprint density at radius 1 is 1.26 bits per heavy atom. The number of carbonyl (C=O) groups is 1. The van der Waals surface area contributed by atoms with Crippen molar-refractivity contribution in [3.05, 3.63) is 41.7 Å². The van der Waals surface area contributed by atoms with E-state index in [-0.39, 0.29) is 22.9 Å². The SMILES string of the molecule is Cc1[nH]ncc1C(=O)N1CC[C@@H]2[C@@H](CC1)Oc1ccccc1S(=O)(=O)N2C. The van der Waals surface area contributed by atoms with E-state index >= 15 is 0 Å². The molecule has 4 rings (SSSR count). The zero-order valence-corrected chi connectivity index (χ0v) is 16.1. The first kappa shape index (κ1) is 18.0. The predicted molar refractivity (Wildman–Crippen MR) is 98.1 cm³/mol. The monoisotopic (exact) mass is 390 g/mol. The Morgan fingerprint density at radius 2 is 2.00 bits per heavy atom. The molecule has 0 aliphatic carbocycles. The Bertz CT molecular complexity index is 971. The Balaban J connectivity index is 1.62. The van der Waals surface area contributed by atoms with E-state index in [4.69, 9.17) is 4.74 Å². The fourth-order valence-electron chi connectivity index (χ4n) is 3.81. The number of H-pyrrole nitrogens is 1. The van der Waals surface area contributed by atoms with Crippen molar-refractivity contribution in [2.24, 2.45) is 0 Å². The maximum absolute atomic E-state index is 13.0. The van der Waals surface area contributed by atoms with Gasteiger partial charge in [0.05, 0.1) is 17.8 Å². The number of nitrogens with one attached hydrogen (secondary N) is 1. The van der Waals surface area contributed by atoms with Crippen molar-refractivity contribution in [2.45, 2.75) is 36.8 Å². The molecule has 2 aromatic rings. The van der Waals surface area contributed by atoms with Gasteiger partial charge >= 0.3 is 0 Å². The van der Waals surface area contributed by atoms with E-state index in [1.54, 1.807) is 36.2 Å². The molecule has 0 radical (unpaired) electrons. The molecule has 1 aromatic carbocycles. The van der Waals surface area contributed by atoms with Gasteiger partial charge in [0.2, 0.25) is 10.0 Å². The zero-order valence-electron chi connectivity index (χ0n) is 15.3. The van der Waals surface area contributed by atoms with Gasteiger partial charge in [0.15, 0.2) is 0 Å². The predicted octanol–water partition coefficient (Wildman–Crippen LogP) is 1.40. The quantitative estimate of drug-likeness (QED) is 0.794. The van der Waals surface area contributed by atoms with Crippen molar-refractivity contribution < 1.29 is 17.9 Å². The van der Waals surface area contributed by atoms with Crippen LogP contribution in [-0.4, -0.2) is 66.0 Å². The summed E-state index contributed by atoms with van der Waals surface area (Å²) in [6, 6.07) is 6.40. The fraction of sp³-hybridized carbons (Fsp3) is 0.444. The molecular formula is C18H22N4O4S. The molecule has 1 amide bonds. The van der Waals surface area contributed by atoms with E-state index in [2.05, 4.69) is 10.2 Å². The van der Waals surface area contributed by atoms with Crippen molar-refractivity contribution in [1.82, 2.24) is 19.4 Å². The molecule has 2 aliphatic heterocycles. The van der Waals surface area contributed by atoms with E-state index < -0.39 is 10.0 Å². The number of sulfonamides is 1. The van der Waals surface area contributed by atoms with Gasteiger partial charge in [-0.05, 0) is 25.5 Å². The molecule has 8 nitrogen and oxygen atoms in total. The lowest BCUT2D eigenvalue weighted by molar-refractivity contribution is 0.0754. The van der Waals surface area contributed by atoms with Gasteiger partial charge in [0.1, 0.15) is 16.7 Å². The minimum atomic E-state index is -3.64. The largest absolute Gasteiger partial charge is 0.487 e. The van der Waals surface area contributed by atoms with Crippen LogP contribution in [0.3, 0.4) is 0 Å². The third-order valence-electron chi connectivity index (χ3n) is 5.41. The number of likely N-dealkylation sites (N-methyl/N-ethyl adjacent to an activating group) is 1. The maximum Gasteiger partial charge on any atom is 0.257 e. The highest BCUT2D eigenvalue weighted by Crippen LogP contribution is 2.35. The Morgan fingerprint density at radius 3 is 2.74 bits per heavy atom. The molecule has 0 unspecified atom stereocenters. The van der Waals surface area contributed by atoms with E-state index in [9.17, 15) is 13.2 Å². The molecular weight excluding hydrogens is 368 g/mol. The van der Waals surface area contributed by atoms with E-state index in [0.717, 1.165) is 5.69 Å². The summed E-state index contributed by atoms with van der Waals surface area (Å²) in [5.41, 5.74) is 1.27. The molecule has 1 saturated heterocycles. The number of amides is 1. The van der Waals surface area contributed by atoms with Gasteiger partial charge in [0, 0.05) is 32.3 Å². The highest BCUT2D eigenvalue weighted by atomic mass is 32.2. The van der Waals surface area contributed by atoms with E-state index in [1.807, 2.05) is 6.92 Å². The molecule has 2 aliphatic rings. The van der Waals surface area contributed by atoms with Crippen LogP contribution in [0.25, 0.3) is 0 Å². The average Bonchev–Trinajstić information content (AvgIpc) is 2.94. The third-order valence-corrected chi connectivity index (χ3v) is 7.33. The lowest BCUT2D eigenvalue weighted by Crippen LogP contribution is -2.44. The van der Waals surface area contributed by atoms with Crippen LogP contribution in [0.1, 0.15) is 28.9 Å². The molecule has 144 valence electrons. The standard InChI is InChI=1S/C18H22N4O4S/c1-12-13(11-19-20-12)18(23)22-9-7-14-15(8-10-22)26-16-5-3-4-6-17(16)27(24,25)21(14)2/h3-6,11,14-15H,7-10H2,1-2H3,(H,19,20)/t14-,15-/m1/s1. The lowest BCUT2D eigenvalue weighted by Gasteiger charge is -2.28. The molecule has 0 bridgehead atoms. The maximum atomic E-state index is 13.0. The first-order valence-corrected chi connectivity index (χ1v) is 10.4. The van der Waals surface area contributed by atoms with Gasteiger partial charge < -0.3 is 9.64 Å². The molecule has 1 aromatic heterocycles. The van der Waals surface area contributed by atoms with Crippen LogP contribution in [0, 0.1) is 6.92 Å². The number of nitrogens with zero attached hydrogens (tertiary/aromatic N) is 3. The highest BCUT2D eigenvalue weighted by Gasteiger charge is 2.41. The van der Waals surface area contributed by atoms with Crippen LogP contribution in [0.4, 0.5) is 0 Å². The number of para-hydroxylation sites is 1. The second-order valence-electron chi connectivity index (χ2n) is 6.97. The Kier molecular flexibility index (Phi) is 4.43. The van der Waals surface area contributed by atoms with E-state index in [1.165, 1.54) is 10.5 Å². The van der Waals surface area contributed by atoms with Gasteiger partial charge in [-0.3, -0.25) is 9.89 Å². The summed E-state index contributed by atoms with van der Waals surface area (Å²) in [6.07, 6.45) is 2.29. The van der Waals surface area contributed by atoms with Crippen molar-refractivity contribution >= 4 is 15.9 Å². The van der Waals surface area contributed by atoms with Crippen LogP contribution in [0.5, 0.6) is 5.75 Å². The number of aryl methyl sites for hydroxylation is 1. The summed E-state index contributed by atoms with van der Waals surface area (Å²) >= 11 is 0. The number of rotatable bonds is 1. The average molecular weight is 390 g/mol. The summed E-state index contributed by atoms with van der Waals surface area (Å²) < 4.78 is 33.5. The molecule has 2 atom stereocenters. The van der Waals surface area contributed by atoms with Gasteiger partial charge in [-0.2, -0.15) is 9.40 Å². The summed E-state index contributed by atoms with van der Waals surface area (Å²) in [7, 11) is -2.05. The molecule has 9 heteroatoms. The summed E-state index contributed by atoms with van der Waals surface area (Å²) in [6.45, 7) is 2.77. The molecule has 1 N–H and O–H groups in total. The number of likely N-dealkylation sites (tertiary alicyclic amines) is 1. The van der Waals surface area contributed by atoms with Gasteiger partial charge in [0.25, 0.3) is 5.91 Å². The first-order chi connectivity index (χ1) is 12.9. The second kappa shape index (κ2) is 6.65. The Hall–Kier alpha value is -2.39. The van der Waals surface area contributed by atoms with Crippen LogP contribution < -0.4 is 4.74 Å². The second-order valence-corrected chi connectivity index (χ2v) is 8.94. The number of carbonyl (C=O) groups excluding carboxylic acids is 1. The number of hydrogen-bond donors (Lipinski definition) is 1. The van der Waals surface area contributed by atoms with Gasteiger partial charge in [-0.15, -0.1) is 0 Å². The topological polar surface area (TPSA) is 95.6 Å². The third kappa shape index (κ3) is 3.00. The molecule has 0 spiro atoms. The molecule has 3 heterocycles. The fourth-order valence-corrected chi connectivity index (χ4v) is 5.34. The first-order valence-electron chi connectivity index (χ1n) is 8.92. The normalized spacial score (nSPS) is 24.9. The number of aromatic amines is 1. The van der Waals surface area contributed by atoms with Crippen LogP contribution in [0.15, 0.2) is 35.4 Å². The molecule has 1 fully saturated rings. The van der Waals surface area contributed by atoms with Crippen molar-refractivity contribution in [2.75, 3.05) is 20.1 Å². The van der Waals surface area contributed by atoms with Crippen LogP contribution in [0.2, 0.25) is 0 Å². The van der Waals surface area contributed by atoms with Crippen molar-refractivity contribution in [1.29, 1.82) is 0 Å². The number of hydrogen-bond acceptors (Lipinski definition) is 5. The van der Waals surface area contributed by atoms with Crippen molar-refractivity contribution in [3.63, 3.8) is 0 Å². The number of ether oxygens (including phenoxy) is 1. The highest BCUT2D eigenvalue weighted by molar-refractivity contribution is 7.89. The summed E-state index contributed by atoms with van der Waals surface area (Å²) in [4.78, 5) is 14.8. The minimum absolute atomic E-state index is 0.0939. The summed E-state index contributed by atoms with van der Waals surface area (Å²) in [5.74, 6) is 0.283.